The van der Waals surface area contributed by atoms with Crippen LogP contribution in [-0.2, 0) is 11.2 Å². The first kappa shape index (κ1) is 28.2. The molecule has 1 aromatic carbocycles. The van der Waals surface area contributed by atoms with Gasteiger partial charge in [-0.25, -0.2) is 19.3 Å². The van der Waals surface area contributed by atoms with E-state index < -0.39 is 18.4 Å². The Kier molecular flexibility index (Phi) is 8.17. The van der Waals surface area contributed by atoms with Crippen LogP contribution in [-0.4, -0.2) is 31.9 Å². The molecule has 0 radical (unpaired) electrons. The van der Waals surface area contributed by atoms with E-state index >= 15 is 4.39 Å². The second-order valence-corrected chi connectivity index (χ2v) is 10.1. The fraction of sp³-hybridized carbons (Fsp3) is 0.357. The number of fused-ring (bicyclic) bond motifs is 2. The summed E-state index contributed by atoms with van der Waals surface area (Å²) >= 11 is 0. The Labute approximate surface area is 265 Å². The maximum atomic E-state index is 15.1. The van der Waals surface area contributed by atoms with Gasteiger partial charge in [0.25, 0.3) is 0 Å². The van der Waals surface area contributed by atoms with Crippen molar-refractivity contribution in [1.29, 1.82) is 0 Å². The molecule has 3 aromatic heterocycles. The third kappa shape index (κ3) is 5.52. The van der Waals surface area contributed by atoms with Gasteiger partial charge in [0, 0.05) is 71.3 Å². The Bertz CT molecular complexity index is 1530. The summed E-state index contributed by atoms with van der Waals surface area (Å²) < 4.78 is 47.3. The van der Waals surface area contributed by atoms with Crippen LogP contribution in [0.2, 0.25) is 0 Å². The number of carboxylic acids is 1. The molecule has 0 bridgehead atoms. The van der Waals surface area contributed by atoms with Crippen LogP contribution in [0.1, 0.15) is 48.0 Å². The summed E-state index contributed by atoms with van der Waals surface area (Å²) in [6.07, 6.45) is 7.39. The minimum atomic E-state index is -2.95. The Morgan fingerprint density at radius 1 is 1.18 bits per heavy atom. The predicted molar refractivity (Wildman–Crippen MR) is 129 cm³/mol. The Morgan fingerprint density at radius 3 is 2.64 bits per heavy atom. The van der Waals surface area contributed by atoms with Crippen molar-refractivity contribution in [2.75, 3.05) is 0 Å². The van der Waals surface area contributed by atoms with Crippen molar-refractivity contribution >= 4 is 11.6 Å². The second kappa shape index (κ2) is 11.3. The zero-order valence-electron chi connectivity index (χ0n) is 21.5. The number of aromatic nitrogens is 4. The van der Waals surface area contributed by atoms with Crippen LogP contribution in [0, 0.1) is 30.5 Å². The fourth-order valence-electron chi connectivity index (χ4n) is 5.97. The normalized spacial score (nSPS) is 21.9. The summed E-state index contributed by atoms with van der Waals surface area (Å²) in [5, 5.41) is 11.3. The molecule has 7 nitrogen and oxygen atoms in total. The van der Waals surface area contributed by atoms with Crippen LogP contribution < -0.4 is 61.2 Å². The molecule has 2 saturated carbocycles. The first-order chi connectivity index (χ1) is 18.3. The maximum absolute atomic E-state index is 15.1. The summed E-state index contributed by atoms with van der Waals surface area (Å²) in [6.45, 7) is -1.16. The number of aryl methyl sites for hydroxylation is 1. The molecule has 2 aliphatic carbocycles. The number of carbonyl (C=O) groups excluding carboxylic acids is 1. The van der Waals surface area contributed by atoms with Crippen LogP contribution in [0.3, 0.4) is 0 Å². The van der Waals surface area contributed by atoms with Crippen LogP contribution >= 0.6 is 0 Å². The minimum Gasteiger partial charge on any atom is -0.550 e. The predicted octanol–water partition coefficient (Wildman–Crippen LogP) is 1.31. The van der Waals surface area contributed by atoms with Gasteiger partial charge in [-0.05, 0) is 44.1 Å². The number of halogens is 3. The molecule has 2 fully saturated rings. The van der Waals surface area contributed by atoms with E-state index in [0.29, 0.717) is 34.0 Å². The van der Waals surface area contributed by atoms with Gasteiger partial charge >= 0.3 is 58.0 Å². The average molecular weight is 561 g/mol. The average Bonchev–Trinajstić information content (AvgIpc) is 3.55. The molecule has 11 heteroatoms. The second-order valence-electron chi connectivity index (χ2n) is 10.1. The van der Waals surface area contributed by atoms with Gasteiger partial charge in [0.2, 0.25) is 0 Å². The number of nitrogens with zero attached hydrogens (tertiary/aromatic N) is 4. The number of imidazole rings is 1. The van der Waals surface area contributed by atoms with E-state index in [4.69, 9.17) is 0 Å². The molecule has 0 spiro atoms. The van der Waals surface area contributed by atoms with Crippen LogP contribution in [0.25, 0.3) is 16.8 Å². The van der Waals surface area contributed by atoms with Gasteiger partial charge < -0.3 is 19.0 Å². The standard InChI is InChI=1S/C28H25F3N4O3.K/c1-14-22(9-15-4-2-3-5-23(15)38-28(30)31)35-13-20(21(29)10-24(35)34-14)17-11-32-26(33-12-17)16-6-7-18-19(8-16)25(18)27(36)37;/h2-5,10-13,16,18-19,25,28H,6-9H2,1H3,(H,36,37);/q;+1/p-1. The monoisotopic (exact) mass is 560 g/mol. The number of carboxylic acid groups (broad SMARTS) is 1. The van der Waals surface area contributed by atoms with E-state index in [-0.39, 0.29) is 92.8 Å². The molecule has 196 valence electrons. The van der Waals surface area contributed by atoms with Gasteiger partial charge in [-0.1, -0.05) is 18.2 Å². The van der Waals surface area contributed by atoms with Gasteiger partial charge in [0.15, 0.2) is 0 Å². The Hall–Kier alpha value is -2.31. The smallest absolute Gasteiger partial charge is 0.550 e. The molecule has 3 heterocycles. The molecule has 0 amide bonds. The third-order valence-electron chi connectivity index (χ3n) is 7.91. The van der Waals surface area contributed by atoms with Crippen molar-refractivity contribution in [3.63, 3.8) is 0 Å². The molecular weight excluding hydrogens is 536 g/mol. The molecule has 6 rings (SSSR count). The topological polar surface area (TPSA) is 92.4 Å². The van der Waals surface area contributed by atoms with Gasteiger partial charge in [-0.3, -0.25) is 0 Å². The zero-order valence-corrected chi connectivity index (χ0v) is 24.6. The van der Waals surface area contributed by atoms with Crippen LogP contribution in [0.4, 0.5) is 13.2 Å². The summed E-state index contributed by atoms with van der Waals surface area (Å²) in [4.78, 5) is 24.7. The molecular formula is C28H24F3KN4O3. The SMILES string of the molecule is Cc1nc2cc(F)c(-c3cnc(C4CCC5C(C4)C5C(=O)[O-])nc3)cn2c1Cc1ccccc1OC(F)F.[K+]. The molecule has 39 heavy (non-hydrogen) atoms. The molecule has 4 aromatic rings. The fourth-order valence-corrected chi connectivity index (χ4v) is 5.97. The van der Waals surface area contributed by atoms with Crippen molar-refractivity contribution in [3.05, 3.63) is 77.5 Å². The van der Waals surface area contributed by atoms with E-state index in [1.54, 1.807) is 48.1 Å². The number of rotatable bonds is 7. The number of pyridine rings is 1. The third-order valence-corrected chi connectivity index (χ3v) is 7.91. The van der Waals surface area contributed by atoms with E-state index in [9.17, 15) is 18.7 Å². The number of aliphatic carboxylic acids is 1. The van der Waals surface area contributed by atoms with E-state index in [1.165, 1.54) is 12.1 Å². The van der Waals surface area contributed by atoms with Gasteiger partial charge in [0.05, 0.1) is 5.69 Å². The Balaban J connectivity index is 0.00000308. The van der Waals surface area contributed by atoms with Gasteiger partial charge in [-0.15, -0.1) is 0 Å². The largest absolute Gasteiger partial charge is 1.00 e. The van der Waals surface area contributed by atoms with Gasteiger partial charge in [-0.2, -0.15) is 8.78 Å². The summed E-state index contributed by atoms with van der Waals surface area (Å²) in [6, 6.07) is 7.88. The number of hydrogen-bond donors (Lipinski definition) is 0. The number of hydrogen-bond acceptors (Lipinski definition) is 6. The van der Waals surface area contributed by atoms with E-state index in [0.717, 1.165) is 19.3 Å². The minimum absolute atomic E-state index is 0. The maximum Gasteiger partial charge on any atom is 1.00 e. The zero-order chi connectivity index (χ0) is 26.6. The van der Waals surface area contributed by atoms with Crippen LogP contribution in [0.15, 0.2) is 48.9 Å². The van der Waals surface area contributed by atoms with Gasteiger partial charge in [0.1, 0.15) is 23.0 Å². The quantitative estimate of drug-likeness (QED) is 0.317. The van der Waals surface area contributed by atoms with Crippen molar-refractivity contribution in [1.82, 2.24) is 19.4 Å². The molecule has 0 N–H and O–H groups in total. The van der Waals surface area contributed by atoms with Crippen molar-refractivity contribution in [2.24, 2.45) is 17.8 Å². The molecule has 2 aliphatic rings. The van der Waals surface area contributed by atoms with E-state index in [2.05, 4.69) is 19.7 Å². The van der Waals surface area contributed by atoms with E-state index in [1.807, 2.05) is 0 Å². The number of carbonyl (C=O) groups is 1. The van der Waals surface area contributed by atoms with Crippen LogP contribution in [0.5, 0.6) is 5.75 Å². The first-order valence-electron chi connectivity index (χ1n) is 12.5. The van der Waals surface area contributed by atoms with Crippen molar-refractivity contribution < 1.29 is 79.2 Å². The molecule has 0 saturated heterocycles. The first-order valence-corrected chi connectivity index (χ1v) is 12.5. The molecule has 4 atom stereocenters. The molecule has 0 aliphatic heterocycles. The summed E-state index contributed by atoms with van der Waals surface area (Å²) in [5.74, 6) is -0.702. The number of ether oxygens (including phenoxy) is 1. The summed E-state index contributed by atoms with van der Waals surface area (Å²) in [5.41, 5.74) is 3.08. The number of benzene rings is 1. The molecule has 4 unspecified atom stereocenters. The number of alkyl halides is 2. The van der Waals surface area contributed by atoms with Crippen molar-refractivity contribution in [2.45, 2.75) is 45.1 Å². The summed E-state index contributed by atoms with van der Waals surface area (Å²) in [7, 11) is 0. The Morgan fingerprint density at radius 2 is 1.92 bits per heavy atom. The van der Waals surface area contributed by atoms with Crippen molar-refractivity contribution in [3.8, 4) is 16.9 Å². The number of para-hydroxylation sites is 1.